The first kappa shape index (κ1) is 16.0. The normalized spacial score (nSPS) is 12.4. The Kier molecular flexibility index (Phi) is 7.49. The number of halogens is 1. The van der Waals surface area contributed by atoms with E-state index in [0.29, 0.717) is 18.8 Å². The van der Waals surface area contributed by atoms with Crippen molar-refractivity contribution in [2.45, 2.75) is 58.4 Å². The van der Waals surface area contributed by atoms with Crippen LogP contribution in [-0.2, 0) is 6.42 Å². The molecule has 0 fully saturated rings. The van der Waals surface area contributed by atoms with Crippen LogP contribution in [0.3, 0.4) is 0 Å². The second-order valence-electron chi connectivity index (χ2n) is 5.05. The van der Waals surface area contributed by atoms with Gasteiger partial charge >= 0.3 is 0 Å². The zero-order chi connectivity index (χ0) is 14.1. The Morgan fingerprint density at radius 2 is 2.00 bits per heavy atom. The predicted molar refractivity (Wildman–Crippen MR) is 78.0 cm³/mol. The number of nitrogens with two attached hydrogens (primary N) is 1. The molecular formula is C16H26FNO. The molecule has 0 aliphatic rings. The van der Waals surface area contributed by atoms with Gasteiger partial charge in [0.05, 0.1) is 6.61 Å². The van der Waals surface area contributed by atoms with E-state index in [1.165, 1.54) is 18.9 Å². The molecule has 108 valence electrons. The Morgan fingerprint density at radius 3 is 2.63 bits per heavy atom. The van der Waals surface area contributed by atoms with Crippen LogP contribution in [0.4, 0.5) is 4.39 Å². The lowest BCUT2D eigenvalue weighted by atomic mass is 10.0. The van der Waals surface area contributed by atoms with Crippen molar-refractivity contribution >= 4 is 0 Å². The van der Waals surface area contributed by atoms with E-state index in [0.717, 1.165) is 24.8 Å². The van der Waals surface area contributed by atoms with Crippen LogP contribution in [0.2, 0.25) is 0 Å². The quantitative estimate of drug-likeness (QED) is 0.685. The Balaban J connectivity index is 2.43. The van der Waals surface area contributed by atoms with Crippen molar-refractivity contribution in [3.8, 4) is 5.75 Å². The number of unbranched alkanes of at least 4 members (excludes halogenated alkanes) is 3. The average molecular weight is 267 g/mol. The van der Waals surface area contributed by atoms with Crippen LogP contribution in [0.1, 0.15) is 51.5 Å². The summed E-state index contributed by atoms with van der Waals surface area (Å²) in [5.74, 6) is 0.0709. The summed E-state index contributed by atoms with van der Waals surface area (Å²) >= 11 is 0. The first-order chi connectivity index (χ1) is 9.17. The number of hydrogen-bond donors (Lipinski definition) is 1. The van der Waals surface area contributed by atoms with Crippen LogP contribution in [0.25, 0.3) is 0 Å². The summed E-state index contributed by atoms with van der Waals surface area (Å²) in [5, 5.41) is 0. The Hall–Kier alpha value is -1.09. The van der Waals surface area contributed by atoms with E-state index in [9.17, 15) is 4.39 Å². The van der Waals surface area contributed by atoms with Crippen LogP contribution in [0, 0.1) is 5.82 Å². The van der Waals surface area contributed by atoms with Gasteiger partial charge in [0.2, 0.25) is 0 Å². The van der Waals surface area contributed by atoms with E-state index >= 15 is 0 Å². The molecule has 2 N–H and O–H groups in total. The molecule has 0 spiro atoms. The van der Waals surface area contributed by atoms with E-state index < -0.39 is 0 Å². The fourth-order valence-electron chi connectivity index (χ4n) is 1.95. The zero-order valence-electron chi connectivity index (χ0n) is 12.1. The fraction of sp³-hybridized carbons (Fsp3) is 0.625. The van der Waals surface area contributed by atoms with E-state index in [1.807, 2.05) is 13.0 Å². The zero-order valence-corrected chi connectivity index (χ0v) is 12.1. The van der Waals surface area contributed by atoms with Crippen molar-refractivity contribution in [3.63, 3.8) is 0 Å². The van der Waals surface area contributed by atoms with Crippen LogP contribution < -0.4 is 10.5 Å². The molecule has 3 heteroatoms. The van der Waals surface area contributed by atoms with Crippen LogP contribution >= 0.6 is 0 Å². The Morgan fingerprint density at radius 1 is 1.21 bits per heavy atom. The van der Waals surface area contributed by atoms with Crippen LogP contribution in [0.15, 0.2) is 18.2 Å². The third-order valence-electron chi connectivity index (χ3n) is 3.27. The maximum Gasteiger partial charge on any atom is 0.165 e. The lowest BCUT2D eigenvalue weighted by Crippen LogP contribution is -2.21. The SMILES string of the molecule is CCCCCCOc1ccc(CC(N)CC)cc1F. The highest BCUT2D eigenvalue weighted by Crippen LogP contribution is 2.19. The summed E-state index contributed by atoms with van der Waals surface area (Å²) < 4.78 is 19.3. The molecule has 1 aromatic rings. The van der Waals surface area contributed by atoms with Crippen molar-refractivity contribution in [1.82, 2.24) is 0 Å². The van der Waals surface area contributed by atoms with Gasteiger partial charge in [-0.25, -0.2) is 4.39 Å². The van der Waals surface area contributed by atoms with E-state index in [-0.39, 0.29) is 11.9 Å². The van der Waals surface area contributed by atoms with Gasteiger partial charge in [0.25, 0.3) is 0 Å². The fourth-order valence-corrected chi connectivity index (χ4v) is 1.95. The van der Waals surface area contributed by atoms with E-state index in [2.05, 4.69) is 6.92 Å². The number of rotatable bonds is 9. The Labute approximate surface area is 116 Å². The van der Waals surface area contributed by atoms with Crippen molar-refractivity contribution < 1.29 is 9.13 Å². The predicted octanol–water partition coefficient (Wildman–Crippen LogP) is 4.06. The summed E-state index contributed by atoms with van der Waals surface area (Å²) in [4.78, 5) is 0. The van der Waals surface area contributed by atoms with Gasteiger partial charge in [0, 0.05) is 6.04 Å². The van der Waals surface area contributed by atoms with Crippen molar-refractivity contribution in [1.29, 1.82) is 0 Å². The Bertz CT molecular complexity index is 368. The summed E-state index contributed by atoms with van der Waals surface area (Å²) in [6, 6.07) is 5.25. The third kappa shape index (κ3) is 6.06. The summed E-state index contributed by atoms with van der Waals surface area (Å²) in [6.07, 6.45) is 6.14. The van der Waals surface area contributed by atoms with E-state index in [4.69, 9.17) is 10.5 Å². The highest BCUT2D eigenvalue weighted by atomic mass is 19.1. The molecule has 0 saturated carbocycles. The molecule has 0 aliphatic carbocycles. The van der Waals surface area contributed by atoms with Gasteiger partial charge in [-0.15, -0.1) is 0 Å². The minimum absolute atomic E-state index is 0.0974. The van der Waals surface area contributed by atoms with Crippen LogP contribution in [0.5, 0.6) is 5.75 Å². The van der Waals surface area contributed by atoms with Crippen LogP contribution in [-0.4, -0.2) is 12.6 Å². The molecule has 2 nitrogen and oxygen atoms in total. The maximum atomic E-state index is 13.8. The molecule has 0 aromatic heterocycles. The van der Waals surface area contributed by atoms with Gasteiger partial charge in [-0.2, -0.15) is 0 Å². The molecule has 0 aliphatic heterocycles. The molecule has 1 atom stereocenters. The first-order valence-electron chi connectivity index (χ1n) is 7.34. The van der Waals surface area contributed by atoms with Gasteiger partial charge in [-0.1, -0.05) is 39.2 Å². The van der Waals surface area contributed by atoms with E-state index in [1.54, 1.807) is 6.07 Å². The smallest absolute Gasteiger partial charge is 0.165 e. The summed E-state index contributed by atoms with van der Waals surface area (Å²) in [6.45, 7) is 4.79. The first-order valence-corrected chi connectivity index (χ1v) is 7.34. The minimum atomic E-state index is -0.281. The number of ether oxygens (including phenoxy) is 1. The molecule has 0 amide bonds. The lowest BCUT2D eigenvalue weighted by molar-refractivity contribution is 0.290. The third-order valence-corrected chi connectivity index (χ3v) is 3.27. The molecule has 1 rings (SSSR count). The second-order valence-corrected chi connectivity index (χ2v) is 5.05. The molecule has 19 heavy (non-hydrogen) atoms. The van der Waals surface area contributed by atoms with Gasteiger partial charge in [-0.05, 0) is 37.0 Å². The summed E-state index contributed by atoms with van der Waals surface area (Å²) in [7, 11) is 0. The highest BCUT2D eigenvalue weighted by Gasteiger charge is 2.07. The van der Waals surface area contributed by atoms with Gasteiger partial charge in [0.1, 0.15) is 0 Å². The molecule has 0 radical (unpaired) electrons. The second kappa shape index (κ2) is 8.92. The van der Waals surface area contributed by atoms with Gasteiger partial charge < -0.3 is 10.5 Å². The lowest BCUT2D eigenvalue weighted by Gasteiger charge is -2.11. The van der Waals surface area contributed by atoms with Gasteiger partial charge in [0.15, 0.2) is 11.6 Å². The van der Waals surface area contributed by atoms with Gasteiger partial charge in [-0.3, -0.25) is 0 Å². The maximum absolute atomic E-state index is 13.8. The standard InChI is InChI=1S/C16H26FNO/c1-3-5-6-7-10-19-16-9-8-13(12-15(16)17)11-14(18)4-2/h8-9,12,14H,3-7,10-11,18H2,1-2H3. The van der Waals surface area contributed by atoms with Crippen molar-refractivity contribution in [2.24, 2.45) is 5.73 Å². The molecule has 0 saturated heterocycles. The number of benzene rings is 1. The molecule has 1 aromatic carbocycles. The molecule has 0 bridgehead atoms. The van der Waals surface area contributed by atoms with Crippen molar-refractivity contribution in [2.75, 3.05) is 6.61 Å². The largest absolute Gasteiger partial charge is 0.491 e. The molecule has 0 heterocycles. The minimum Gasteiger partial charge on any atom is -0.491 e. The average Bonchev–Trinajstić information content (AvgIpc) is 2.40. The molecular weight excluding hydrogens is 241 g/mol. The highest BCUT2D eigenvalue weighted by molar-refractivity contribution is 5.29. The van der Waals surface area contributed by atoms with Crippen molar-refractivity contribution in [3.05, 3.63) is 29.6 Å². The molecule has 1 unspecified atom stereocenters. The topological polar surface area (TPSA) is 35.2 Å². The summed E-state index contributed by atoms with van der Waals surface area (Å²) in [5.41, 5.74) is 6.80. The monoisotopic (exact) mass is 267 g/mol. The number of hydrogen-bond acceptors (Lipinski definition) is 2.